The molecule has 0 saturated carbocycles. The number of Topliss-reactive ketones (excluding diaryl/α,β-unsaturated/α-hetero) is 1. The maximum Gasteiger partial charge on any atom is 0.203 e. The molecule has 0 bridgehead atoms. The predicted octanol–water partition coefficient (Wildman–Crippen LogP) is 4.69. The number of hydrogen-bond acceptors (Lipinski definition) is 2. The Balaban J connectivity index is 2.15. The third-order valence-corrected chi connectivity index (χ3v) is 3.91. The number of aryl methyl sites for hydroxylation is 1. The molecule has 0 saturated heterocycles. The predicted molar refractivity (Wildman–Crippen MR) is 79.7 cm³/mol. The van der Waals surface area contributed by atoms with E-state index in [1.165, 1.54) is 6.07 Å². The molecule has 0 heterocycles. The molecule has 0 aliphatic heterocycles. The molecular formula is C16H13BrF2O2. The van der Waals surface area contributed by atoms with Crippen LogP contribution in [0.15, 0.2) is 40.9 Å². The van der Waals surface area contributed by atoms with Crippen LogP contribution in [0.5, 0.6) is 5.75 Å². The van der Waals surface area contributed by atoms with E-state index in [0.717, 1.165) is 22.2 Å². The Labute approximate surface area is 129 Å². The lowest BCUT2D eigenvalue weighted by Crippen LogP contribution is -2.24. The standard InChI is InChI=1S/C16H13BrF2O2/c1-9-7-12(4-5-13(9)17)21-10(2)16(20)11-3-6-14(18)15(19)8-11/h3-8,10H,1-2H3. The molecule has 1 unspecified atom stereocenters. The topological polar surface area (TPSA) is 26.3 Å². The highest BCUT2D eigenvalue weighted by atomic mass is 79.9. The van der Waals surface area contributed by atoms with Crippen LogP contribution in [0.4, 0.5) is 8.78 Å². The highest BCUT2D eigenvalue weighted by Gasteiger charge is 2.18. The van der Waals surface area contributed by atoms with E-state index in [1.807, 2.05) is 13.0 Å². The Kier molecular flexibility index (Phi) is 4.73. The lowest BCUT2D eigenvalue weighted by Gasteiger charge is -2.14. The van der Waals surface area contributed by atoms with E-state index >= 15 is 0 Å². The minimum atomic E-state index is -1.05. The highest BCUT2D eigenvalue weighted by molar-refractivity contribution is 9.10. The molecule has 2 aromatic rings. The van der Waals surface area contributed by atoms with Crippen molar-refractivity contribution in [2.75, 3.05) is 0 Å². The first-order valence-electron chi connectivity index (χ1n) is 6.30. The summed E-state index contributed by atoms with van der Waals surface area (Å²) in [5.74, 6) is -1.90. The van der Waals surface area contributed by atoms with Crippen molar-refractivity contribution in [3.8, 4) is 5.75 Å². The molecule has 0 spiro atoms. The van der Waals surface area contributed by atoms with Crippen LogP contribution < -0.4 is 4.74 Å². The van der Waals surface area contributed by atoms with Crippen LogP contribution in [-0.4, -0.2) is 11.9 Å². The molecule has 2 rings (SSSR count). The van der Waals surface area contributed by atoms with E-state index in [1.54, 1.807) is 19.1 Å². The van der Waals surface area contributed by atoms with Gasteiger partial charge in [-0.05, 0) is 55.8 Å². The summed E-state index contributed by atoms with van der Waals surface area (Å²) >= 11 is 3.38. The Morgan fingerprint density at radius 1 is 1.14 bits per heavy atom. The average molecular weight is 355 g/mol. The Bertz CT molecular complexity index is 686. The van der Waals surface area contributed by atoms with Gasteiger partial charge in [-0.2, -0.15) is 0 Å². The van der Waals surface area contributed by atoms with Gasteiger partial charge in [0.1, 0.15) is 5.75 Å². The second-order valence-corrected chi connectivity index (χ2v) is 5.52. The first kappa shape index (κ1) is 15.6. The molecule has 0 N–H and O–H groups in total. The van der Waals surface area contributed by atoms with Crippen molar-refractivity contribution < 1.29 is 18.3 Å². The van der Waals surface area contributed by atoms with Gasteiger partial charge >= 0.3 is 0 Å². The van der Waals surface area contributed by atoms with Crippen molar-refractivity contribution in [3.05, 3.63) is 63.6 Å². The van der Waals surface area contributed by atoms with Gasteiger partial charge in [0.25, 0.3) is 0 Å². The summed E-state index contributed by atoms with van der Waals surface area (Å²) < 4.78 is 32.5. The third-order valence-electron chi connectivity index (χ3n) is 3.02. The molecular weight excluding hydrogens is 342 g/mol. The zero-order valence-electron chi connectivity index (χ0n) is 11.5. The van der Waals surface area contributed by atoms with Gasteiger partial charge in [-0.25, -0.2) is 8.78 Å². The van der Waals surface area contributed by atoms with Crippen LogP contribution in [0.25, 0.3) is 0 Å². The number of carbonyl (C=O) groups is 1. The summed E-state index contributed by atoms with van der Waals surface area (Å²) in [6.07, 6.45) is -0.796. The van der Waals surface area contributed by atoms with Crippen LogP contribution >= 0.6 is 15.9 Å². The van der Waals surface area contributed by atoms with E-state index in [9.17, 15) is 13.6 Å². The average Bonchev–Trinajstić information content (AvgIpc) is 2.45. The minimum Gasteiger partial charge on any atom is -0.483 e. The zero-order valence-corrected chi connectivity index (χ0v) is 13.1. The summed E-state index contributed by atoms with van der Waals surface area (Å²) in [7, 11) is 0. The number of benzene rings is 2. The fourth-order valence-electron chi connectivity index (χ4n) is 1.83. The Morgan fingerprint density at radius 2 is 1.86 bits per heavy atom. The summed E-state index contributed by atoms with van der Waals surface area (Å²) in [5, 5.41) is 0. The SMILES string of the molecule is Cc1cc(OC(C)C(=O)c2ccc(F)c(F)c2)ccc1Br. The largest absolute Gasteiger partial charge is 0.483 e. The van der Waals surface area contributed by atoms with Gasteiger partial charge in [-0.15, -0.1) is 0 Å². The molecule has 110 valence electrons. The van der Waals surface area contributed by atoms with Gasteiger partial charge in [0, 0.05) is 10.0 Å². The number of ether oxygens (including phenoxy) is 1. The summed E-state index contributed by atoms with van der Waals surface area (Å²) in [6, 6.07) is 8.39. The molecule has 0 radical (unpaired) electrons. The van der Waals surface area contributed by atoms with Gasteiger partial charge in [0.2, 0.25) is 5.78 Å². The molecule has 2 nitrogen and oxygen atoms in total. The van der Waals surface area contributed by atoms with Crippen LogP contribution in [0.3, 0.4) is 0 Å². The maximum atomic E-state index is 13.2. The third kappa shape index (κ3) is 3.67. The van der Waals surface area contributed by atoms with Gasteiger partial charge in [-0.1, -0.05) is 15.9 Å². The van der Waals surface area contributed by atoms with Gasteiger partial charge in [-0.3, -0.25) is 4.79 Å². The van der Waals surface area contributed by atoms with E-state index in [-0.39, 0.29) is 5.56 Å². The number of halogens is 3. The van der Waals surface area contributed by atoms with Gasteiger partial charge < -0.3 is 4.74 Å². The van der Waals surface area contributed by atoms with Gasteiger partial charge in [0.05, 0.1) is 0 Å². The number of rotatable bonds is 4. The summed E-state index contributed by atoms with van der Waals surface area (Å²) in [6.45, 7) is 3.47. The molecule has 0 fully saturated rings. The van der Waals surface area contributed by atoms with Crippen molar-refractivity contribution in [2.45, 2.75) is 20.0 Å². The van der Waals surface area contributed by atoms with Crippen molar-refractivity contribution in [3.63, 3.8) is 0 Å². The monoisotopic (exact) mass is 354 g/mol. The fraction of sp³-hybridized carbons (Fsp3) is 0.188. The summed E-state index contributed by atoms with van der Waals surface area (Å²) in [4.78, 5) is 12.1. The van der Waals surface area contributed by atoms with E-state index in [0.29, 0.717) is 5.75 Å². The van der Waals surface area contributed by atoms with Gasteiger partial charge in [0.15, 0.2) is 17.7 Å². The molecule has 0 amide bonds. The molecule has 2 aromatic carbocycles. The van der Waals surface area contributed by atoms with Crippen molar-refractivity contribution in [1.82, 2.24) is 0 Å². The van der Waals surface area contributed by atoms with Crippen molar-refractivity contribution in [2.24, 2.45) is 0 Å². The highest BCUT2D eigenvalue weighted by Crippen LogP contribution is 2.23. The molecule has 21 heavy (non-hydrogen) atoms. The van der Waals surface area contributed by atoms with Crippen molar-refractivity contribution >= 4 is 21.7 Å². The minimum absolute atomic E-state index is 0.0789. The first-order chi connectivity index (χ1) is 9.88. The smallest absolute Gasteiger partial charge is 0.203 e. The first-order valence-corrected chi connectivity index (χ1v) is 7.10. The van der Waals surface area contributed by atoms with Crippen molar-refractivity contribution in [1.29, 1.82) is 0 Å². The molecule has 1 atom stereocenters. The zero-order chi connectivity index (χ0) is 15.6. The molecule has 0 aliphatic rings. The maximum absolute atomic E-state index is 13.2. The lowest BCUT2D eigenvalue weighted by molar-refractivity contribution is 0.0817. The second kappa shape index (κ2) is 6.35. The fourth-order valence-corrected chi connectivity index (χ4v) is 2.08. The van der Waals surface area contributed by atoms with Crippen LogP contribution in [0.1, 0.15) is 22.8 Å². The van der Waals surface area contributed by atoms with Crippen LogP contribution in [0, 0.1) is 18.6 Å². The number of hydrogen-bond donors (Lipinski definition) is 0. The Hall–Kier alpha value is -1.75. The van der Waals surface area contributed by atoms with E-state index in [2.05, 4.69) is 15.9 Å². The normalized spacial score (nSPS) is 12.0. The van der Waals surface area contributed by atoms with E-state index in [4.69, 9.17) is 4.74 Å². The quantitative estimate of drug-likeness (QED) is 0.744. The number of ketones is 1. The molecule has 0 aromatic heterocycles. The molecule has 0 aliphatic carbocycles. The lowest BCUT2D eigenvalue weighted by atomic mass is 10.1. The van der Waals surface area contributed by atoms with Crippen LogP contribution in [-0.2, 0) is 0 Å². The van der Waals surface area contributed by atoms with Crippen LogP contribution in [0.2, 0.25) is 0 Å². The summed E-state index contributed by atoms with van der Waals surface area (Å²) in [5.41, 5.74) is 1.05. The number of carbonyl (C=O) groups excluding carboxylic acids is 1. The Morgan fingerprint density at radius 3 is 2.48 bits per heavy atom. The van der Waals surface area contributed by atoms with E-state index < -0.39 is 23.5 Å². The molecule has 5 heteroatoms. The second-order valence-electron chi connectivity index (χ2n) is 4.66.